The fourth-order valence-corrected chi connectivity index (χ4v) is 2.13. The smallest absolute Gasteiger partial charge is 0.278 e. The van der Waals surface area contributed by atoms with E-state index >= 15 is 0 Å². The number of nitrogens with zero attached hydrogens (tertiary/aromatic N) is 5. The summed E-state index contributed by atoms with van der Waals surface area (Å²) in [5.74, 6) is 1.60. The van der Waals surface area contributed by atoms with Gasteiger partial charge in [0.25, 0.3) is 5.56 Å². The van der Waals surface area contributed by atoms with Crippen LogP contribution in [0.25, 0.3) is 10.9 Å². The van der Waals surface area contributed by atoms with Gasteiger partial charge in [-0.15, -0.1) is 5.10 Å². The lowest BCUT2D eigenvalue weighted by Crippen LogP contribution is -2.24. The standard InChI is InChI=1S/C15H17N5O2/c1-10(2)7-8-13-16-14(22-18-13)9-20-15(21)11-5-3-4-6-12(11)17-19-20/h3-6,10H,7-9H2,1-2H3. The number of hydrogen-bond donors (Lipinski definition) is 0. The van der Waals surface area contributed by atoms with E-state index in [1.54, 1.807) is 18.2 Å². The minimum Gasteiger partial charge on any atom is -0.337 e. The van der Waals surface area contributed by atoms with E-state index in [1.807, 2.05) is 6.07 Å². The average molecular weight is 299 g/mol. The zero-order valence-corrected chi connectivity index (χ0v) is 12.6. The van der Waals surface area contributed by atoms with Crippen LogP contribution in [-0.4, -0.2) is 25.1 Å². The second-order valence-corrected chi connectivity index (χ2v) is 5.61. The molecular weight excluding hydrogens is 282 g/mol. The molecule has 22 heavy (non-hydrogen) atoms. The second kappa shape index (κ2) is 6.05. The number of benzene rings is 1. The van der Waals surface area contributed by atoms with Gasteiger partial charge in [0.05, 0.1) is 5.39 Å². The zero-order chi connectivity index (χ0) is 15.5. The molecule has 0 saturated heterocycles. The molecule has 0 atom stereocenters. The Morgan fingerprint density at radius 3 is 2.91 bits per heavy atom. The van der Waals surface area contributed by atoms with Gasteiger partial charge in [-0.1, -0.05) is 36.4 Å². The largest absolute Gasteiger partial charge is 0.337 e. The van der Waals surface area contributed by atoms with Crippen molar-refractivity contribution >= 4 is 10.9 Å². The van der Waals surface area contributed by atoms with Crippen LogP contribution < -0.4 is 5.56 Å². The third kappa shape index (κ3) is 3.03. The van der Waals surface area contributed by atoms with Crippen molar-refractivity contribution in [2.45, 2.75) is 33.2 Å². The monoisotopic (exact) mass is 299 g/mol. The van der Waals surface area contributed by atoms with E-state index in [0.717, 1.165) is 12.8 Å². The molecule has 0 fully saturated rings. The van der Waals surface area contributed by atoms with Gasteiger partial charge in [-0.05, 0) is 24.5 Å². The molecule has 114 valence electrons. The summed E-state index contributed by atoms with van der Waals surface area (Å²) >= 11 is 0. The lowest BCUT2D eigenvalue weighted by Gasteiger charge is -2.01. The van der Waals surface area contributed by atoms with Crippen molar-refractivity contribution in [3.05, 3.63) is 46.3 Å². The zero-order valence-electron chi connectivity index (χ0n) is 12.6. The van der Waals surface area contributed by atoms with Gasteiger partial charge in [-0.3, -0.25) is 4.79 Å². The van der Waals surface area contributed by atoms with E-state index in [4.69, 9.17) is 4.52 Å². The lowest BCUT2D eigenvalue weighted by molar-refractivity contribution is 0.355. The molecule has 0 amide bonds. The maximum Gasteiger partial charge on any atom is 0.278 e. The first-order valence-corrected chi connectivity index (χ1v) is 7.27. The van der Waals surface area contributed by atoms with E-state index in [9.17, 15) is 4.79 Å². The molecule has 0 bridgehead atoms. The highest BCUT2D eigenvalue weighted by Gasteiger charge is 2.11. The molecule has 3 aromatic rings. The number of rotatable bonds is 5. The van der Waals surface area contributed by atoms with E-state index in [-0.39, 0.29) is 12.1 Å². The van der Waals surface area contributed by atoms with Crippen LogP contribution in [0.3, 0.4) is 0 Å². The van der Waals surface area contributed by atoms with Gasteiger partial charge < -0.3 is 4.52 Å². The van der Waals surface area contributed by atoms with Crippen LogP contribution in [0.4, 0.5) is 0 Å². The van der Waals surface area contributed by atoms with Crippen molar-refractivity contribution < 1.29 is 4.52 Å². The Balaban J connectivity index is 1.81. The van der Waals surface area contributed by atoms with Crippen molar-refractivity contribution in [3.8, 4) is 0 Å². The molecule has 0 aliphatic heterocycles. The highest BCUT2D eigenvalue weighted by Crippen LogP contribution is 2.07. The van der Waals surface area contributed by atoms with E-state index < -0.39 is 0 Å². The first-order valence-electron chi connectivity index (χ1n) is 7.27. The summed E-state index contributed by atoms with van der Waals surface area (Å²) in [4.78, 5) is 16.6. The van der Waals surface area contributed by atoms with E-state index in [1.165, 1.54) is 4.68 Å². The van der Waals surface area contributed by atoms with Crippen LogP contribution in [0.15, 0.2) is 33.6 Å². The first-order chi connectivity index (χ1) is 10.6. The lowest BCUT2D eigenvalue weighted by atomic mass is 10.1. The molecule has 0 saturated carbocycles. The van der Waals surface area contributed by atoms with Gasteiger partial charge >= 0.3 is 0 Å². The van der Waals surface area contributed by atoms with Gasteiger partial charge in [-0.25, -0.2) is 4.68 Å². The van der Waals surface area contributed by atoms with Crippen molar-refractivity contribution in [2.24, 2.45) is 5.92 Å². The molecule has 7 heteroatoms. The van der Waals surface area contributed by atoms with Crippen molar-refractivity contribution in [1.29, 1.82) is 0 Å². The maximum absolute atomic E-state index is 12.3. The van der Waals surface area contributed by atoms with E-state index in [2.05, 4.69) is 34.3 Å². The Labute approximate surface area is 127 Å². The summed E-state index contributed by atoms with van der Waals surface area (Å²) in [7, 11) is 0. The third-order valence-corrected chi connectivity index (χ3v) is 3.37. The molecule has 7 nitrogen and oxygen atoms in total. The molecule has 0 aliphatic carbocycles. The topological polar surface area (TPSA) is 86.7 Å². The number of aryl methyl sites for hydroxylation is 1. The minimum atomic E-state index is -0.215. The molecule has 0 spiro atoms. The summed E-state index contributed by atoms with van der Waals surface area (Å²) in [6.07, 6.45) is 1.76. The summed E-state index contributed by atoms with van der Waals surface area (Å²) in [5, 5.41) is 12.4. The molecule has 0 N–H and O–H groups in total. The Kier molecular flexibility index (Phi) is 3.95. The average Bonchev–Trinajstić information content (AvgIpc) is 2.96. The van der Waals surface area contributed by atoms with Crippen LogP contribution in [0.1, 0.15) is 32.0 Å². The predicted octanol–water partition coefficient (Wildman–Crippen LogP) is 1.81. The minimum absolute atomic E-state index is 0.130. The summed E-state index contributed by atoms with van der Waals surface area (Å²) in [6.45, 7) is 4.42. The quantitative estimate of drug-likeness (QED) is 0.714. The Morgan fingerprint density at radius 2 is 2.09 bits per heavy atom. The summed E-state index contributed by atoms with van der Waals surface area (Å²) in [5.41, 5.74) is 0.361. The number of hydrogen-bond acceptors (Lipinski definition) is 6. The highest BCUT2D eigenvalue weighted by molar-refractivity contribution is 5.76. The molecular formula is C15H17N5O2. The first kappa shape index (κ1) is 14.4. The third-order valence-electron chi connectivity index (χ3n) is 3.37. The Morgan fingerprint density at radius 1 is 1.27 bits per heavy atom. The van der Waals surface area contributed by atoms with Crippen molar-refractivity contribution in [3.63, 3.8) is 0 Å². The van der Waals surface area contributed by atoms with Crippen LogP contribution in [0.2, 0.25) is 0 Å². The van der Waals surface area contributed by atoms with Crippen LogP contribution in [0.5, 0.6) is 0 Å². The summed E-state index contributed by atoms with van der Waals surface area (Å²) < 4.78 is 6.42. The highest BCUT2D eigenvalue weighted by atomic mass is 16.5. The fraction of sp³-hybridized carbons (Fsp3) is 0.400. The SMILES string of the molecule is CC(C)CCc1noc(Cn2nnc3ccccc3c2=O)n1. The maximum atomic E-state index is 12.3. The second-order valence-electron chi connectivity index (χ2n) is 5.61. The van der Waals surface area contributed by atoms with Gasteiger partial charge in [0.2, 0.25) is 5.89 Å². The fourth-order valence-electron chi connectivity index (χ4n) is 2.13. The molecule has 0 unspecified atom stereocenters. The summed E-state index contributed by atoms with van der Waals surface area (Å²) in [6, 6.07) is 7.10. The Bertz CT molecular complexity index is 837. The Hall–Kier alpha value is -2.57. The number of fused-ring (bicyclic) bond motifs is 1. The molecule has 0 aliphatic rings. The molecule has 2 heterocycles. The molecule has 1 aromatic carbocycles. The van der Waals surface area contributed by atoms with Gasteiger partial charge in [-0.2, -0.15) is 4.98 Å². The van der Waals surface area contributed by atoms with Crippen LogP contribution in [0, 0.1) is 5.92 Å². The predicted molar refractivity (Wildman–Crippen MR) is 80.4 cm³/mol. The van der Waals surface area contributed by atoms with Gasteiger partial charge in [0.1, 0.15) is 12.1 Å². The molecule has 3 rings (SSSR count). The van der Waals surface area contributed by atoms with Crippen molar-refractivity contribution in [1.82, 2.24) is 25.1 Å². The van der Waals surface area contributed by atoms with Crippen molar-refractivity contribution in [2.75, 3.05) is 0 Å². The molecule has 2 aromatic heterocycles. The van der Waals surface area contributed by atoms with Gasteiger partial charge in [0, 0.05) is 6.42 Å². The van der Waals surface area contributed by atoms with Crippen LogP contribution >= 0.6 is 0 Å². The van der Waals surface area contributed by atoms with Gasteiger partial charge in [0.15, 0.2) is 5.82 Å². The molecule has 0 radical (unpaired) electrons. The normalized spacial score (nSPS) is 11.4. The number of aromatic nitrogens is 5. The van der Waals surface area contributed by atoms with E-state index in [0.29, 0.717) is 28.5 Å². The van der Waals surface area contributed by atoms with Crippen LogP contribution in [-0.2, 0) is 13.0 Å².